The number of halogens is 1. The topological polar surface area (TPSA) is 128 Å². The molecule has 0 spiro atoms. The second-order valence-electron chi connectivity index (χ2n) is 6.39. The van der Waals surface area contributed by atoms with Crippen LogP contribution in [-0.2, 0) is 10.0 Å². The van der Waals surface area contributed by atoms with Gasteiger partial charge in [-0.25, -0.2) is 22.6 Å². The Morgan fingerprint density at radius 1 is 1.45 bits per heavy atom. The first-order chi connectivity index (χ1) is 13.7. The molecule has 1 fully saturated rings. The Labute approximate surface area is 166 Å². The van der Waals surface area contributed by atoms with Crippen molar-refractivity contribution < 1.29 is 27.8 Å². The molecule has 3 rings (SSSR count). The van der Waals surface area contributed by atoms with Crippen molar-refractivity contribution in [2.45, 2.75) is 16.7 Å². The van der Waals surface area contributed by atoms with Gasteiger partial charge in [-0.2, -0.15) is 9.57 Å². The lowest BCUT2D eigenvalue weighted by Gasteiger charge is -2.27. The number of hydrogen-bond donors (Lipinski definition) is 2. The van der Waals surface area contributed by atoms with Crippen LogP contribution >= 0.6 is 0 Å². The average molecular weight is 418 g/mol. The highest BCUT2D eigenvalue weighted by molar-refractivity contribution is 7.89. The minimum absolute atomic E-state index is 0.0254. The van der Waals surface area contributed by atoms with Crippen LogP contribution in [0.2, 0.25) is 0 Å². The summed E-state index contributed by atoms with van der Waals surface area (Å²) in [5.41, 5.74) is -1.96. The molecule has 0 radical (unpaired) electrons. The van der Waals surface area contributed by atoms with Crippen molar-refractivity contribution in [3.05, 3.63) is 59.3 Å². The van der Waals surface area contributed by atoms with E-state index in [4.69, 9.17) is 16.6 Å². The van der Waals surface area contributed by atoms with E-state index in [2.05, 4.69) is 9.83 Å². The molecule has 1 saturated heterocycles. The predicted octanol–water partition coefficient (Wildman–Crippen LogP) is 0.818. The van der Waals surface area contributed by atoms with E-state index in [1.54, 1.807) is 0 Å². The van der Waals surface area contributed by atoms with E-state index in [9.17, 15) is 23.0 Å². The summed E-state index contributed by atoms with van der Waals surface area (Å²) < 4.78 is 45.9. The number of sulfonamides is 1. The smallest absolute Gasteiger partial charge is 0.260 e. The van der Waals surface area contributed by atoms with Crippen LogP contribution in [0.3, 0.4) is 0 Å². The maximum atomic E-state index is 13.8. The minimum Gasteiger partial charge on any atom is -0.486 e. The molecule has 11 heteroatoms. The largest absolute Gasteiger partial charge is 0.486 e. The van der Waals surface area contributed by atoms with Crippen LogP contribution in [0.15, 0.2) is 41.6 Å². The highest BCUT2D eigenvalue weighted by Crippen LogP contribution is 2.31. The minimum atomic E-state index is -4.14. The zero-order valence-corrected chi connectivity index (χ0v) is 15.7. The third kappa shape index (κ3) is 3.90. The number of benzene rings is 1. The Kier molecular flexibility index (Phi) is 5.50. The van der Waals surface area contributed by atoms with Crippen LogP contribution in [0.25, 0.3) is 4.85 Å². The van der Waals surface area contributed by atoms with Crippen molar-refractivity contribution in [2.75, 3.05) is 19.7 Å². The van der Waals surface area contributed by atoms with Crippen LogP contribution < -0.4 is 4.74 Å². The highest BCUT2D eigenvalue weighted by Gasteiger charge is 2.51. The van der Waals surface area contributed by atoms with Gasteiger partial charge in [0.25, 0.3) is 10.0 Å². The van der Waals surface area contributed by atoms with Gasteiger partial charge in [-0.05, 0) is 24.3 Å². The lowest BCUT2D eigenvalue weighted by Crippen LogP contribution is -2.48. The molecule has 1 aromatic heterocycles. The molecule has 1 aromatic carbocycles. The maximum Gasteiger partial charge on any atom is 0.260 e. The molecule has 0 amide bonds. The van der Waals surface area contributed by atoms with E-state index in [1.165, 1.54) is 24.3 Å². The van der Waals surface area contributed by atoms with Crippen LogP contribution in [-0.4, -0.2) is 59.3 Å². The van der Waals surface area contributed by atoms with Crippen molar-refractivity contribution in [1.82, 2.24) is 9.29 Å². The molecule has 0 aliphatic carbocycles. The van der Waals surface area contributed by atoms with E-state index in [0.717, 1.165) is 16.6 Å². The van der Waals surface area contributed by atoms with Gasteiger partial charge in [0.05, 0.1) is 25.3 Å². The van der Waals surface area contributed by atoms with Gasteiger partial charge in [0, 0.05) is 18.8 Å². The Balaban J connectivity index is 1.86. The summed E-state index contributed by atoms with van der Waals surface area (Å²) in [5.74, 6) is -0.850. The fourth-order valence-corrected chi connectivity index (χ4v) is 4.27. The molecular weight excluding hydrogens is 403 g/mol. The summed E-state index contributed by atoms with van der Waals surface area (Å²) in [6.07, 6.45) is -0.0875. The Bertz CT molecular complexity index is 1110. The molecule has 1 aliphatic rings. The second kappa shape index (κ2) is 7.73. The third-order valence-electron chi connectivity index (χ3n) is 4.48. The lowest BCUT2D eigenvalue weighted by atomic mass is 10.0. The molecule has 2 atom stereocenters. The fourth-order valence-electron chi connectivity index (χ4n) is 2.86. The summed E-state index contributed by atoms with van der Waals surface area (Å²) in [4.78, 5) is 6.76. The zero-order chi connectivity index (χ0) is 21.2. The summed E-state index contributed by atoms with van der Waals surface area (Å²) in [5, 5.41) is 28.8. The van der Waals surface area contributed by atoms with Crippen molar-refractivity contribution in [3.8, 4) is 11.8 Å². The first-order valence-electron chi connectivity index (χ1n) is 8.27. The SMILES string of the molecule is [C-]#[N+]c1ccc(O[C@H]2CN(S(=O)(=O)c3ccc(C#N)cn3)C[C@@]2(O)CO)cc1F. The summed E-state index contributed by atoms with van der Waals surface area (Å²) in [6, 6.07) is 7.75. The van der Waals surface area contributed by atoms with Crippen molar-refractivity contribution >= 4 is 15.7 Å². The van der Waals surface area contributed by atoms with Crippen LogP contribution in [0.1, 0.15) is 5.56 Å². The quantitative estimate of drug-likeness (QED) is 0.688. The molecule has 0 bridgehead atoms. The molecule has 150 valence electrons. The van der Waals surface area contributed by atoms with Gasteiger partial charge < -0.3 is 14.9 Å². The van der Waals surface area contributed by atoms with Gasteiger partial charge in [0.2, 0.25) is 5.69 Å². The maximum absolute atomic E-state index is 13.8. The molecule has 1 aliphatic heterocycles. The van der Waals surface area contributed by atoms with Crippen LogP contribution in [0.4, 0.5) is 10.1 Å². The van der Waals surface area contributed by atoms with E-state index in [1.807, 2.05) is 6.07 Å². The Morgan fingerprint density at radius 2 is 2.21 bits per heavy atom. The Morgan fingerprint density at radius 3 is 2.76 bits per heavy atom. The van der Waals surface area contributed by atoms with Crippen molar-refractivity contribution in [3.63, 3.8) is 0 Å². The summed E-state index contributed by atoms with van der Waals surface area (Å²) >= 11 is 0. The van der Waals surface area contributed by atoms with Gasteiger partial charge in [0.1, 0.15) is 29.3 Å². The Hall–Kier alpha value is -3.09. The van der Waals surface area contributed by atoms with Gasteiger partial charge in [-0.15, -0.1) is 0 Å². The molecule has 0 unspecified atom stereocenters. The standard InChI is InChI=1S/C18H15FN4O5S/c1-21-15-4-3-13(6-14(15)19)28-16-9-23(10-18(16,25)11-24)29(26,27)17-5-2-12(7-20)8-22-17/h2-6,8,16,24-25H,9-11H2/t16-,18+/m0/s1. The normalized spacial score (nSPS) is 22.0. The second-order valence-corrected chi connectivity index (χ2v) is 8.27. The molecule has 2 N–H and O–H groups in total. The monoisotopic (exact) mass is 418 g/mol. The average Bonchev–Trinajstić information content (AvgIpc) is 3.06. The number of aliphatic hydroxyl groups excluding tert-OH is 1. The summed E-state index contributed by atoms with van der Waals surface area (Å²) in [6.45, 7) is 5.25. The van der Waals surface area contributed by atoms with Gasteiger partial charge in [-0.1, -0.05) is 0 Å². The van der Waals surface area contributed by atoms with E-state index >= 15 is 0 Å². The number of rotatable bonds is 5. The molecule has 29 heavy (non-hydrogen) atoms. The number of aliphatic hydroxyl groups is 2. The van der Waals surface area contributed by atoms with E-state index in [-0.39, 0.29) is 28.6 Å². The van der Waals surface area contributed by atoms with E-state index in [0.29, 0.717) is 0 Å². The lowest BCUT2D eigenvalue weighted by molar-refractivity contribution is -0.0641. The number of β-amino-alcohol motifs (C(OH)–C–C–N with tert-alkyl or cyclic N) is 1. The third-order valence-corrected chi connectivity index (χ3v) is 6.21. The first-order valence-corrected chi connectivity index (χ1v) is 9.71. The number of aromatic nitrogens is 1. The first kappa shape index (κ1) is 20.6. The molecule has 0 saturated carbocycles. The van der Waals surface area contributed by atoms with Crippen molar-refractivity contribution in [2.24, 2.45) is 0 Å². The van der Waals surface area contributed by atoms with Gasteiger partial charge in [0.15, 0.2) is 5.03 Å². The zero-order valence-electron chi connectivity index (χ0n) is 14.9. The fraction of sp³-hybridized carbons (Fsp3) is 0.278. The van der Waals surface area contributed by atoms with Crippen LogP contribution in [0.5, 0.6) is 5.75 Å². The van der Waals surface area contributed by atoms with E-state index < -0.39 is 40.7 Å². The number of nitriles is 1. The molecule has 9 nitrogen and oxygen atoms in total. The van der Waals surface area contributed by atoms with Crippen molar-refractivity contribution in [1.29, 1.82) is 5.26 Å². The predicted molar refractivity (Wildman–Crippen MR) is 96.8 cm³/mol. The van der Waals surface area contributed by atoms with Gasteiger partial charge >= 0.3 is 0 Å². The summed E-state index contributed by atoms with van der Waals surface area (Å²) in [7, 11) is -4.14. The number of nitrogens with zero attached hydrogens (tertiary/aromatic N) is 4. The number of ether oxygens (including phenoxy) is 1. The molecular formula is C18H15FN4O5S. The van der Waals surface area contributed by atoms with Gasteiger partial charge in [-0.3, -0.25) is 0 Å². The number of hydrogen-bond acceptors (Lipinski definition) is 7. The number of pyridine rings is 1. The molecule has 2 aromatic rings. The molecule has 2 heterocycles. The highest BCUT2D eigenvalue weighted by atomic mass is 32.2. The van der Waals surface area contributed by atoms with Crippen LogP contribution in [0, 0.1) is 23.7 Å².